The molecule has 3 aromatic rings. The van der Waals surface area contributed by atoms with E-state index in [1.54, 1.807) is 6.08 Å². The molecule has 1 aliphatic rings. The van der Waals surface area contributed by atoms with Gasteiger partial charge in [-0.2, -0.15) is 0 Å². The van der Waals surface area contributed by atoms with E-state index in [0.29, 0.717) is 5.56 Å². The molecule has 0 saturated heterocycles. The van der Waals surface area contributed by atoms with E-state index in [1.165, 1.54) is 36.4 Å². The van der Waals surface area contributed by atoms with Gasteiger partial charge in [0.1, 0.15) is 11.5 Å². The lowest BCUT2D eigenvalue weighted by Crippen LogP contribution is -2.08. The number of hydrogen-bond acceptors (Lipinski definition) is 6. The number of carbonyl (C=O) groups is 2. The van der Waals surface area contributed by atoms with Gasteiger partial charge in [-0.25, -0.2) is 4.79 Å². The monoisotopic (exact) mass is 401 g/mol. The van der Waals surface area contributed by atoms with Crippen LogP contribution < -0.4 is 9.47 Å². The molecular weight excluding hydrogens is 386 g/mol. The first-order valence-corrected chi connectivity index (χ1v) is 9.03. The molecule has 1 heterocycles. The van der Waals surface area contributed by atoms with Gasteiger partial charge in [0.25, 0.3) is 5.69 Å². The van der Waals surface area contributed by atoms with Gasteiger partial charge in [-0.1, -0.05) is 30.3 Å². The molecule has 0 bridgehead atoms. The molecule has 148 valence electrons. The number of rotatable bonds is 4. The fourth-order valence-corrected chi connectivity index (χ4v) is 3.03. The van der Waals surface area contributed by atoms with Crippen LogP contribution in [0.15, 0.2) is 72.5 Å². The molecule has 1 aliphatic heterocycles. The Balaban J connectivity index is 1.56. The van der Waals surface area contributed by atoms with Crippen LogP contribution in [0.5, 0.6) is 11.5 Å². The van der Waals surface area contributed by atoms with Gasteiger partial charge in [-0.3, -0.25) is 14.9 Å². The SMILES string of the molecule is Cc1ccccc1/C=C1\Oc2cc(OC(=O)c3cccc([N+](=O)[O-])c3)ccc2C1=O. The summed E-state index contributed by atoms with van der Waals surface area (Å²) in [5, 5.41) is 10.9. The van der Waals surface area contributed by atoms with Crippen molar-refractivity contribution in [1.82, 2.24) is 0 Å². The maximum Gasteiger partial charge on any atom is 0.343 e. The molecule has 30 heavy (non-hydrogen) atoms. The summed E-state index contributed by atoms with van der Waals surface area (Å²) < 4.78 is 11.0. The lowest BCUT2D eigenvalue weighted by atomic mass is 10.1. The number of benzene rings is 3. The number of nitro benzene ring substituents is 1. The van der Waals surface area contributed by atoms with Crippen LogP contribution in [0.1, 0.15) is 31.8 Å². The summed E-state index contributed by atoms with van der Waals surface area (Å²) in [6.45, 7) is 1.93. The number of non-ortho nitro benzene ring substituents is 1. The first-order chi connectivity index (χ1) is 14.4. The number of ether oxygens (including phenoxy) is 2. The second-order valence-electron chi connectivity index (χ2n) is 6.65. The fraction of sp³-hybridized carbons (Fsp3) is 0.0435. The summed E-state index contributed by atoms with van der Waals surface area (Å²) in [6.07, 6.45) is 1.67. The second-order valence-corrected chi connectivity index (χ2v) is 6.65. The van der Waals surface area contributed by atoms with Crippen molar-refractivity contribution in [1.29, 1.82) is 0 Å². The average Bonchev–Trinajstić information content (AvgIpc) is 3.04. The Labute approximate surface area is 171 Å². The van der Waals surface area contributed by atoms with E-state index in [2.05, 4.69) is 0 Å². The van der Waals surface area contributed by atoms with Crippen molar-refractivity contribution in [3.8, 4) is 11.5 Å². The highest BCUT2D eigenvalue weighted by Crippen LogP contribution is 2.35. The Kier molecular flexibility index (Phi) is 4.85. The standard InChI is InChI=1S/C23H15NO6/c1-14-5-2-3-6-15(14)12-21-22(25)19-10-9-18(13-20(19)30-21)29-23(26)16-7-4-8-17(11-16)24(27)28/h2-13H,1H3/b21-12-. The lowest BCUT2D eigenvalue weighted by molar-refractivity contribution is -0.384. The number of ketones is 1. The smallest absolute Gasteiger partial charge is 0.343 e. The van der Waals surface area contributed by atoms with Gasteiger partial charge < -0.3 is 9.47 Å². The first kappa shape index (κ1) is 19.1. The third-order valence-electron chi connectivity index (χ3n) is 4.62. The number of esters is 1. The normalized spacial score (nSPS) is 13.6. The lowest BCUT2D eigenvalue weighted by Gasteiger charge is -2.06. The third-order valence-corrected chi connectivity index (χ3v) is 4.62. The van der Waals surface area contributed by atoms with Crippen molar-refractivity contribution >= 4 is 23.5 Å². The zero-order valence-electron chi connectivity index (χ0n) is 15.8. The van der Waals surface area contributed by atoms with E-state index >= 15 is 0 Å². The van der Waals surface area contributed by atoms with Gasteiger partial charge in [-0.05, 0) is 42.3 Å². The highest BCUT2D eigenvalue weighted by Gasteiger charge is 2.28. The predicted octanol–water partition coefficient (Wildman–Crippen LogP) is 4.74. The summed E-state index contributed by atoms with van der Waals surface area (Å²) in [6, 6.07) is 17.3. The van der Waals surface area contributed by atoms with Crippen molar-refractivity contribution in [3.63, 3.8) is 0 Å². The van der Waals surface area contributed by atoms with Crippen LogP contribution in [-0.2, 0) is 0 Å². The molecule has 0 saturated carbocycles. The van der Waals surface area contributed by atoms with Gasteiger partial charge >= 0.3 is 5.97 Å². The Bertz CT molecular complexity index is 1230. The predicted molar refractivity (Wildman–Crippen MR) is 109 cm³/mol. The molecule has 0 aromatic heterocycles. The fourth-order valence-electron chi connectivity index (χ4n) is 3.03. The number of hydrogen-bond donors (Lipinski definition) is 0. The van der Waals surface area contributed by atoms with Crippen LogP contribution in [0.4, 0.5) is 5.69 Å². The Hall–Kier alpha value is -4.26. The number of carbonyl (C=O) groups excluding carboxylic acids is 2. The first-order valence-electron chi connectivity index (χ1n) is 9.03. The van der Waals surface area contributed by atoms with E-state index in [-0.39, 0.29) is 34.3 Å². The summed E-state index contributed by atoms with van der Waals surface area (Å²) in [7, 11) is 0. The van der Waals surface area contributed by atoms with E-state index in [1.807, 2.05) is 31.2 Å². The molecule has 0 amide bonds. The van der Waals surface area contributed by atoms with Gasteiger partial charge in [-0.15, -0.1) is 0 Å². The van der Waals surface area contributed by atoms with Crippen molar-refractivity contribution in [2.75, 3.05) is 0 Å². The van der Waals surface area contributed by atoms with Gasteiger partial charge in [0.2, 0.25) is 5.78 Å². The van der Waals surface area contributed by atoms with Crippen molar-refractivity contribution < 1.29 is 24.0 Å². The summed E-state index contributed by atoms with van der Waals surface area (Å²) in [5.74, 6) is -0.385. The number of aryl methyl sites for hydroxylation is 1. The number of allylic oxidation sites excluding steroid dienone is 1. The van der Waals surface area contributed by atoms with Crippen LogP contribution in [0.2, 0.25) is 0 Å². The molecule has 0 atom stereocenters. The Morgan fingerprint density at radius 1 is 1.07 bits per heavy atom. The number of nitro groups is 1. The Morgan fingerprint density at radius 2 is 1.87 bits per heavy atom. The molecule has 4 rings (SSSR count). The third kappa shape index (κ3) is 3.68. The molecule has 7 nitrogen and oxygen atoms in total. The van der Waals surface area contributed by atoms with Gasteiger partial charge in [0.05, 0.1) is 16.1 Å². The highest BCUT2D eigenvalue weighted by atomic mass is 16.6. The quantitative estimate of drug-likeness (QED) is 0.206. The molecule has 0 spiro atoms. The minimum Gasteiger partial charge on any atom is -0.452 e. The van der Waals surface area contributed by atoms with Crippen molar-refractivity contribution in [3.05, 3.63) is 105 Å². The van der Waals surface area contributed by atoms with Crippen LogP contribution in [-0.4, -0.2) is 16.7 Å². The number of nitrogens with zero attached hydrogens (tertiary/aromatic N) is 1. The molecule has 7 heteroatoms. The molecule has 0 fully saturated rings. The van der Waals surface area contributed by atoms with Crippen molar-refractivity contribution in [2.24, 2.45) is 0 Å². The summed E-state index contributed by atoms with van der Waals surface area (Å²) in [4.78, 5) is 35.2. The Morgan fingerprint density at radius 3 is 2.63 bits per heavy atom. The van der Waals surface area contributed by atoms with Crippen molar-refractivity contribution in [2.45, 2.75) is 6.92 Å². The van der Waals surface area contributed by atoms with Crippen LogP contribution >= 0.6 is 0 Å². The van der Waals surface area contributed by atoms with E-state index in [9.17, 15) is 19.7 Å². The molecule has 0 aliphatic carbocycles. The molecular formula is C23H15NO6. The number of Topliss-reactive ketones (excluding diaryl/α,β-unsaturated/α-hetero) is 1. The van der Waals surface area contributed by atoms with E-state index in [4.69, 9.17) is 9.47 Å². The van der Waals surface area contributed by atoms with Crippen LogP contribution in [0.3, 0.4) is 0 Å². The summed E-state index contributed by atoms with van der Waals surface area (Å²) >= 11 is 0. The van der Waals surface area contributed by atoms with E-state index < -0.39 is 10.9 Å². The maximum absolute atomic E-state index is 12.6. The minimum absolute atomic E-state index is 0.0434. The van der Waals surface area contributed by atoms with E-state index in [0.717, 1.165) is 17.2 Å². The minimum atomic E-state index is -0.751. The largest absolute Gasteiger partial charge is 0.452 e. The van der Waals surface area contributed by atoms with Crippen LogP contribution in [0.25, 0.3) is 6.08 Å². The zero-order valence-corrected chi connectivity index (χ0v) is 15.8. The molecule has 0 N–H and O–H groups in total. The zero-order chi connectivity index (χ0) is 21.3. The number of fused-ring (bicyclic) bond motifs is 1. The topological polar surface area (TPSA) is 95.7 Å². The molecule has 3 aromatic carbocycles. The van der Waals surface area contributed by atoms with Gasteiger partial charge in [0, 0.05) is 18.2 Å². The molecule has 0 unspecified atom stereocenters. The van der Waals surface area contributed by atoms with Crippen LogP contribution in [0, 0.1) is 17.0 Å². The molecule has 0 radical (unpaired) electrons. The van der Waals surface area contributed by atoms with Gasteiger partial charge in [0.15, 0.2) is 5.76 Å². The highest BCUT2D eigenvalue weighted by molar-refractivity contribution is 6.14. The average molecular weight is 401 g/mol. The maximum atomic E-state index is 12.6. The second kappa shape index (κ2) is 7.63. The summed E-state index contributed by atoms with van der Waals surface area (Å²) in [5.41, 5.74) is 2.07.